The van der Waals surface area contributed by atoms with E-state index in [9.17, 15) is 4.79 Å². The minimum atomic E-state index is 0.150. The van der Waals surface area contributed by atoms with Crippen LogP contribution in [-0.2, 0) is 0 Å². The van der Waals surface area contributed by atoms with Crippen LogP contribution in [0.2, 0.25) is 0 Å². The summed E-state index contributed by atoms with van der Waals surface area (Å²) in [7, 11) is 0. The highest BCUT2D eigenvalue weighted by Gasteiger charge is 2.19. The number of benzene rings is 1. The second-order valence-corrected chi connectivity index (χ2v) is 5.02. The molecule has 0 spiro atoms. The standard InChI is InChI=1S/C15H22N2O2/c1-2-19-14-7-5-12(6-8-14)15(18)11-17-9-3-4-13(16)10-17/h5-8,13H,2-4,9-11,16H2,1H3. The molecular weight excluding hydrogens is 240 g/mol. The van der Waals surface area contributed by atoms with Crippen molar-refractivity contribution in [1.29, 1.82) is 0 Å². The number of carbonyl (C=O) groups excluding carboxylic acids is 1. The summed E-state index contributed by atoms with van der Waals surface area (Å²) in [6.07, 6.45) is 2.14. The van der Waals surface area contributed by atoms with Gasteiger partial charge in [-0.3, -0.25) is 9.69 Å². The second-order valence-electron chi connectivity index (χ2n) is 5.02. The van der Waals surface area contributed by atoms with E-state index in [0.29, 0.717) is 13.2 Å². The molecule has 0 amide bonds. The smallest absolute Gasteiger partial charge is 0.176 e. The summed E-state index contributed by atoms with van der Waals surface area (Å²) < 4.78 is 5.37. The SMILES string of the molecule is CCOc1ccc(C(=O)CN2CCCC(N)C2)cc1. The zero-order valence-corrected chi connectivity index (χ0v) is 11.5. The van der Waals surface area contributed by atoms with Crippen molar-refractivity contribution in [3.05, 3.63) is 29.8 Å². The number of hydrogen-bond donors (Lipinski definition) is 1. The lowest BCUT2D eigenvalue weighted by atomic mass is 10.0. The Hall–Kier alpha value is -1.39. The molecule has 1 unspecified atom stereocenters. The van der Waals surface area contributed by atoms with Gasteiger partial charge in [0.1, 0.15) is 5.75 Å². The molecule has 2 rings (SSSR count). The molecule has 0 saturated carbocycles. The normalized spacial score (nSPS) is 20.2. The van der Waals surface area contributed by atoms with Gasteiger partial charge in [-0.05, 0) is 50.6 Å². The van der Waals surface area contributed by atoms with Gasteiger partial charge in [-0.15, -0.1) is 0 Å². The number of hydrogen-bond acceptors (Lipinski definition) is 4. The van der Waals surface area contributed by atoms with Crippen LogP contribution in [0.4, 0.5) is 0 Å². The lowest BCUT2D eigenvalue weighted by Gasteiger charge is -2.29. The number of ketones is 1. The first kappa shape index (κ1) is 14.0. The third kappa shape index (κ3) is 4.04. The van der Waals surface area contributed by atoms with Crippen LogP contribution in [0.25, 0.3) is 0 Å². The molecular formula is C15H22N2O2. The monoisotopic (exact) mass is 262 g/mol. The van der Waals surface area contributed by atoms with E-state index < -0.39 is 0 Å². The van der Waals surface area contributed by atoms with Crippen molar-refractivity contribution in [3.63, 3.8) is 0 Å². The number of piperidine rings is 1. The van der Waals surface area contributed by atoms with Gasteiger partial charge in [0.2, 0.25) is 0 Å². The zero-order valence-electron chi connectivity index (χ0n) is 11.5. The number of rotatable bonds is 5. The summed E-state index contributed by atoms with van der Waals surface area (Å²) in [6.45, 7) is 4.83. The fourth-order valence-corrected chi connectivity index (χ4v) is 2.43. The number of ether oxygens (including phenoxy) is 1. The maximum absolute atomic E-state index is 12.2. The molecule has 0 aromatic heterocycles. The number of Topliss-reactive ketones (excluding diaryl/α,β-unsaturated/α-hetero) is 1. The molecule has 1 saturated heterocycles. The van der Waals surface area contributed by atoms with Gasteiger partial charge in [-0.25, -0.2) is 0 Å². The third-order valence-electron chi connectivity index (χ3n) is 3.40. The lowest BCUT2D eigenvalue weighted by molar-refractivity contribution is 0.0908. The largest absolute Gasteiger partial charge is 0.494 e. The predicted octanol–water partition coefficient (Wildman–Crippen LogP) is 1.69. The van der Waals surface area contributed by atoms with Crippen LogP contribution in [0.5, 0.6) is 5.75 Å². The van der Waals surface area contributed by atoms with E-state index in [4.69, 9.17) is 10.5 Å². The van der Waals surface area contributed by atoms with Crippen molar-refractivity contribution in [2.24, 2.45) is 5.73 Å². The minimum absolute atomic E-state index is 0.150. The Labute approximate surface area is 114 Å². The van der Waals surface area contributed by atoms with Crippen LogP contribution in [0.3, 0.4) is 0 Å². The molecule has 19 heavy (non-hydrogen) atoms. The van der Waals surface area contributed by atoms with E-state index in [1.807, 2.05) is 31.2 Å². The van der Waals surface area contributed by atoms with Crippen molar-refractivity contribution < 1.29 is 9.53 Å². The van der Waals surface area contributed by atoms with Gasteiger partial charge < -0.3 is 10.5 Å². The van der Waals surface area contributed by atoms with Crippen LogP contribution in [0.15, 0.2) is 24.3 Å². The van der Waals surface area contributed by atoms with E-state index in [0.717, 1.165) is 37.2 Å². The predicted molar refractivity (Wildman–Crippen MR) is 75.6 cm³/mol. The molecule has 1 fully saturated rings. The summed E-state index contributed by atoms with van der Waals surface area (Å²) in [5, 5.41) is 0. The molecule has 4 nitrogen and oxygen atoms in total. The van der Waals surface area contributed by atoms with Crippen LogP contribution < -0.4 is 10.5 Å². The van der Waals surface area contributed by atoms with Crippen LogP contribution >= 0.6 is 0 Å². The molecule has 0 radical (unpaired) electrons. The molecule has 2 N–H and O–H groups in total. The fraction of sp³-hybridized carbons (Fsp3) is 0.533. The molecule has 1 aromatic carbocycles. The first-order chi connectivity index (χ1) is 9.19. The van der Waals surface area contributed by atoms with Crippen LogP contribution in [0.1, 0.15) is 30.1 Å². The van der Waals surface area contributed by atoms with Gasteiger partial charge >= 0.3 is 0 Å². The molecule has 0 aliphatic carbocycles. The molecule has 1 heterocycles. The first-order valence-electron chi connectivity index (χ1n) is 6.93. The van der Waals surface area contributed by atoms with Crippen molar-refractivity contribution >= 4 is 5.78 Å². The second kappa shape index (κ2) is 6.68. The summed E-state index contributed by atoms with van der Waals surface area (Å²) in [5.41, 5.74) is 6.66. The molecule has 0 bridgehead atoms. The van der Waals surface area contributed by atoms with Gasteiger partial charge in [-0.1, -0.05) is 0 Å². The Morgan fingerprint density at radius 1 is 1.42 bits per heavy atom. The lowest BCUT2D eigenvalue weighted by Crippen LogP contribution is -2.44. The average molecular weight is 262 g/mol. The van der Waals surface area contributed by atoms with Crippen LogP contribution in [0, 0.1) is 0 Å². The highest BCUT2D eigenvalue weighted by Crippen LogP contribution is 2.14. The van der Waals surface area contributed by atoms with E-state index >= 15 is 0 Å². The van der Waals surface area contributed by atoms with E-state index in [2.05, 4.69) is 4.90 Å². The average Bonchev–Trinajstić information content (AvgIpc) is 2.40. The number of likely N-dealkylation sites (tertiary alicyclic amines) is 1. The number of carbonyl (C=O) groups is 1. The Bertz CT molecular complexity index is 417. The van der Waals surface area contributed by atoms with Crippen molar-refractivity contribution in [2.75, 3.05) is 26.2 Å². The minimum Gasteiger partial charge on any atom is -0.494 e. The fourth-order valence-electron chi connectivity index (χ4n) is 2.43. The van der Waals surface area contributed by atoms with Crippen molar-refractivity contribution in [3.8, 4) is 5.75 Å². The number of nitrogens with zero attached hydrogens (tertiary/aromatic N) is 1. The molecule has 1 aliphatic heterocycles. The number of nitrogens with two attached hydrogens (primary N) is 1. The van der Waals surface area contributed by atoms with E-state index in [1.165, 1.54) is 0 Å². The Morgan fingerprint density at radius 3 is 2.79 bits per heavy atom. The molecule has 1 aromatic rings. The van der Waals surface area contributed by atoms with Crippen molar-refractivity contribution in [2.45, 2.75) is 25.8 Å². The van der Waals surface area contributed by atoms with Gasteiger partial charge in [0.25, 0.3) is 0 Å². The van der Waals surface area contributed by atoms with Gasteiger partial charge in [-0.2, -0.15) is 0 Å². The molecule has 1 atom stereocenters. The van der Waals surface area contributed by atoms with E-state index in [1.54, 1.807) is 0 Å². The Kier molecular flexibility index (Phi) is 4.93. The molecule has 4 heteroatoms. The quantitative estimate of drug-likeness (QED) is 0.820. The van der Waals surface area contributed by atoms with Gasteiger partial charge in [0.15, 0.2) is 5.78 Å². The first-order valence-corrected chi connectivity index (χ1v) is 6.93. The maximum atomic E-state index is 12.2. The van der Waals surface area contributed by atoms with Gasteiger partial charge in [0.05, 0.1) is 13.2 Å². The Balaban J connectivity index is 1.91. The van der Waals surface area contributed by atoms with Crippen molar-refractivity contribution in [1.82, 2.24) is 4.90 Å². The molecule has 1 aliphatic rings. The Morgan fingerprint density at radius 2 is 2.16 bits per heavy atom. The topological polar surface area (TPSA) is 55.6 Å². The third-order valence-corrected chi connectivity index (χ3v) is 3.40. The summed E-state index contributed by atoms with van der Waals surface area (Å²) >= 11 is 0. The van der Waals surface area contributed by atoms with Gasteiger partial charge in [0, 0.05) is 18.2 Å². The summed E-state index contributed by atoms with van der Waals surface area (Å²) in [4.78, 5) is 14.3. The summed E-state index contributed by atoms with van der Waals surface area (Å²) in [5.74, 6) is 0.955. The maximum Gasteiger partial charge on any atom is 0.176 e. The highest BCUT2D eigenvalue weighted by atomic mass is 16.5. The van der Waals surface area contributed by atoms with E-state index in [-0.39, 0.29) is 11.8 Å². The zero-order chi connectivity index (χ0) is 13.7. The summed E-state index contributed by atoms with van der Waals surface area (Å²) in [6, 6.07) is 7.56. The molecule has 104 valence electrons. The highest BCUT2D eigenvalue weighted by molar-refractivity contribution is 5.97. The van der Waals surface area contributed by atoms with Crippen LogP contribution in [-0.4, -0.2) is 43.0 Å².